The second kappa shape index (κ2) is 6.41. The SMILES string of the molecule is CCCNc1cncc(NC(C)C(=O)NC2CC2)c1. The van der Waals surface area contributed by atoms with Gasteiger partial charge in [0.25, 0.3) is 0 Å². The Kier molecular flexibility index (Phi) is 4.60. The molecule has 1 atom stereocenters. The van der Waals surface area contributed by atoms with Crippen molar-refractivity contribution in [2.75, 3.05) is 17.2 Å². The van der Waals surface area contributed by atoms with Crippen LogP contribution in [-0.4, -0.2) is 29.5 Å². The summed E-state index contributed by atoms with van der Waals surface area (Å²) in [6.07, 6.45) is 6.80. The summed E-state index contributed by atoms with van der Waals surface area (Å²) in [7, 11) is 0. The number of anilines is 2. The fraction of sp³-hybridized carbons (Fsp3) is 0.571. The van der Waals surface area contributed by atoms with Gasteiger partial charge < -0.3 is 16.0 Å². The number of nitrogens with zero attached hydrogens (tertiary/aromatic N) is 1. The maximum absolute atomic E-state index is 11.8. The quantitative estimate of drug-likeness (QED) is 0.703. The Morgan fingerprint density at radius 3 is 2.84 bits per heavy atom. The third kappa shape index (κ3) is 4.43. The molecular weight excluding hydrogens is 240 g/mol. The van der Waals surface area contributed by atoms with Crippen LogP contribution in [0.1, 0.15) is 33.1 Å². The van der Waals surface area contributed by atoms with E-state index in [1.807, 2.05) is 13.0 Å². The van der Waals surface area contributed by atoms with Crippen molar-refractivity contribution in [1.82, 2.24) is 10.3 Å². The summed E-state index contributed by atoms with van der Waals surface area (Å²) in [5.41, 5.74) is 1.83. The van der Waals surface area contributed by atoms with Gasteiger partial charge in [0, 0.05) is 12.6 Å². The molecule has 1 unspecified atom stereocenters. The summed E-state index contributed by atoms with van der Waals surface area (Å²) < 4.78 is 0. The largest absolute Gasteiger partial charge is 0.384 e. The molecule has 1 aromatic heterocycles. The first-order chi connectivity index (χ1) is 9.19. The van der Waals surface area contributed by atoms with Gasteiger partial charge in [0.15, 0.2) is 0 Å². The highest BCUT2D eigenvalue weighted by atomic mass is 16.2. The van der Waals surface area contributed by atoms with Crippen LogP contribution in [-0.2, 0) is 4.79 Å². The lowest BCUT2D eigenvalue weighted by Crippen LogP contribution is -2.38. The number of nitrogens with one attached hydrogen (secondary N) is 3. The molecule has 1 heterocycles. The predicted molar refractivity (Wildman–Crippen MR) is 77.3 cm³/mol. The number of hydrogen-bond donors (Lipinski definition) is 3. The lowest BCUT2D eigenvalue weighted by atomic mass is 10.2. The molecule has 3 N–H and O–H groups in total. The molecule has 0 saturated heterocycles. The van der Waals surface area contributed by atoms with Crippen LogP contribution in [0.2, 0.25) is 0 Å². The van der Waals surface area contributed by atoms with E-state index >= 15 is 0 Å². The molecule has 5 heteroatoms. The van der Waals surface area contributed by atoms with Crippen molar-refractivity contribution in [3.8, 4) is 0 Å². The molecule has 0 bridgehead atoms. The lowest BCUT2D eigenvalue weighted by Gasteiger charge is -2.15. The van der Waals surface area contributed by atoms with Gasteiger partial charge in [-0.1, -0.05) is 6.92 Å². The van der Waals surface area contributed by atoms with Gasteiger partial charge in [-0.15, -0.1) is 0 Å². The summed E-state index contributed by atoms with van der Waals surface area (Å²) in [6, 6.07) is 2.13. The van der Waals surface area contributed by atoms with Gasteiger partial charge in [-0.05, 0) is 32.3 Å². The minimum Gasteiger partial charge on any atom is -0.384 e. The first-order valence-corrected chi connectivity index (χ1v) is 6.95. The molecule has 0 aliphatic heterocycles. The third-order valence-corrected chi connectivity index (χ3v) is 3.02. The number of hydrogen-bond acceptors (Lipinski definition) is 4. The van der Waals surface area contributed by atoms with E-state index in [0.29, 0.717) is 6.04 Å². The van der Waals surface area contributed by atoms with E-state index in [1.54, 1.807) is 12.4 Å². The molecule has 1 fully saturated rings. The average Bonchev–Trinajstić information content (AvgIpc) is 3.20. The first-order valence-electron chi connectivity index (χ1n) is 6.95. The summed E-state index contributed by atoms with van der Waals surface area (Å²) in [5, 5.41) is 9.44. The van der Waals surface area contributed by atoms with Gasteiger partial charge in [-0.25, -0.2) is 0 Å². The topological polar surface area (TPSA) is 66.0 Å². The van der Waals surface area contributed by atoms with Crippen LogP contribution in [0, 0.1) is 0 Å². The maximum Gasteiger partial charge on any atom is 0.242 e. The van der Waals surface area contributed by atoms with E-state index in [0.717, 1.165) is 37.2 Å². The Balaban J connectivity index is 1.87. The van der Waals surface area contributed by atoms with Crippen molar-refractivity contribution in [1.29, 1.82) is 0 Å². The van der Waals surface area contributed by atoms with Crippen LogP contribution in [0.25, 0.3) is 0 Å². The summed E-state index contributed by atoms with van der Waals surface area (Å²) >= 11 is 0. The van der Waals surface area contributed by atoms with Gasteiger partial charge >= 0.3 is 0 Å². The van der Waals surface area contributed by atoms with Crippen molar-refractivity contribution < 1.29 is 4.79 Å². The standard InChI is InChI=1S/C14H22N4O/c1-3-6-16-12-7-13(9-15-8-12)17-10(2)14(19)18-11-4-5-11/h7-11,16-17H,3-6H2,1-2H3,(H,18,19). The van der Waals surface area contributed by atoms with E-state index in [9.17, 15) is 4.79 Å². The molecule has 0 spiro atoms. The predicted octanol–water partition coefficient (Wildman–Crippen LogP) is 1.98. The smallest absolute Gasteiger partial charge is 0.242 e. The molecule has 2 rings (SSSR count). The number of rotatable bonds is 7. The van der Waals surface area contributed by atoms with Gasteiger partial charge in [-0.2, -0.15) is 0 Å². The Labute approximate surface area is 114 Å². The molecule has 1 saturated carbocycles. The van der Waals surface area contributed by atoms with Crippen LogP contribution in [0.4, 0.5) is 11.4 Å². The van der Waals surface area contributed by atoms with E-state index in [2.05, 4.69) is 27.9 Å². The van der Waals surface area contributed by atoms with Gasteiger partial charge in [0.05, 0.1) is 23.8 Å². The fourth-order valence-electron chi connectivity index (χ4n) is 1.75. The summed E-state index contributed by atoms with van der Waals surface area (Å²) in [5.74, 6) is 0.0504. The molecule has 1 aromatic rings. The zero-order valence-corrected chi connectivity index (χ0v) is 11.6. The van der Waals surface area contributed by atoms with Crippen molar-refractivity contribution in [3.05, 3.63) is 18.5 Å². The molecule has 1 amide bonds. The molecule has 0 radical (unpaired) electrons. The molecular formula is C14H22N4O. The highest BCUT2D eigenvalue weighted by Gasteiger charge is 2.25. The van der Waals surface area contributed by atoms with Gasteiger partial charge in [0.1, 0.15) is 6.04 Å². The molecule has 5 nitrogen and oxygen atoms in total. The number of aromatic nitrogens is 1. The monoisotopic (exact) mass is 262 g/mol. The van der Waals surface area contributed by atoms with Crippen molar-refractivity contribution in [2.45, 2.75) is 45.2 Å². The Morgan fingerprint density at radius 2 is 2.16 bits per heavy atom. The first kappa shape index (κ1) is 13.6. The van der Waals surface area contributed by atoms with E-state index in [4.69, 9.17) is 0 Å². The number of pyridine rings is 1. The van der Waals surface area contributed by atoms with Crippen LogP contribution < -0.4 is 16.0 Å². The number of carbonyl (C=O) groups excluding carboxylic acids is 1. The summed E-state index contributed by atoms with van der Waals surface area (Å²) in [4.78, 5) is 16.0. The Hall–Kier alpha value is -1.78. The second-order valence-electron chi connectivity index (χ2n) is 5.04. The zero-order valence-electron chi connectivity index (χ0n) is 11.6. The molecule has 0 aromatic carbocycles. The van der Waals surface area contributed by atoms with E-state index in [1.165, 1.54) is 0 Å². The molecule has 1 aliphatic carbocycles. The van der Waals surface area contributed by atoms with Gasteiger partial charge in [-0.3, -0.25) is 9.78 Å². The van der Waals surface area contributed by atoms with Crippen LogP contribution in [0.15, 0.2) is 18.5 Å². The van der Waals surface area contributed by atoms with Crippen molar-refractivity contribution in [3.63, 3.8) is 0 Å². The highest BCUT2D eigenvalue weighted by molar-refractivity contribution is 5.84. The lowest BCUT2D eigenvalue weighted by molar-refractivity contribution is -0.121. The van der Waals surface area contributed by atoms with Crippen LogP contribution in [0.5, 0.6) is 0 Å². The molecule has 1 aliphatic rings. The summed E-state index contributed by atoms with van der Waals surface area (Å²) in [6.45, 7) is 4.90. The van der Waals surface area contributed by atoms with Crippen molar-refractivity contribution >= 4 is 17.3 Å². The average molecular weight is 262 g/mol. The minimum atomic E-state index is -0.246. The normalized spacial score (nSPS) is 15.7. The van der Waals surface area contributed by atoms with Gasteiger partial charge in [0.2, 0.25) is 5.91 Å². The number of amides is 1. The minimum absolute atomic E-state index is 0.0504. The Morgan fingerprint density at radius 1 is 1.42 bits per heavy atom. The molecule has 104 valence electrons. The second-order valence-corrected chi connectivity index (χ2v) is 5.04. The van der Waals surface area contributed by atoms with E-state index in [-0.39, 0.29) is 11.9 Å². The molecule has 19 heavy (non-hydrogen) atoms. The highest BCUT2D eigenvalue weighted by Crippen LogP contribution is 2.19. The Bertz CT molecular complexity index is 431. The van der Waals surface area contributed by atoms with Crippen LogP contribution >= 0.6 is 0 Å². The van der Waals surface area contributed by atoms with Crippen LogP contribution in [0.3, 0.4) is 0 Å². The van der Waals surface area contributed by atoms with E-state index < -0.39 is 0 Å². The fourth-order valence-corrected chi connectivity index (χ4v) is 1.75. The third-order valence-electron chi connectivity index (χ3n) is 3.02. The number of carbonyl (C=O) groups is 1. The maximum atomic E-state index is 11.8. The zero-order chi connectivity index (χ0) is 13.7. The van der Waals surface area contributed by atoms with Crippen molar-refractivity contribution in [2.24, 2.45) is 0 Å².